The summed E-state index contributed by atoms with van der Waals surface area (Å²) in [6.07, 6.45) is 1.44. The third kappa shape index (κ3) is 4.00. The van der Waals surface area contributed by atoms with Crippen LogP contribution in [-0.2, 0) is 9.59 Å². The van der Waals surface area contributed by atoms with Gasteiger partial charge >= 0.3 is 6.03 Å². The molecule has 1 aliphatic heterocycles. The molecule has 6 nitrogen and oxygen atoms in total. The quantitative estimate of drug-likeness (QED) is 0.393. The molecule has 32 heavy (non-hydrogen) atoms. The highest BCUT2D eigenvalue weighted by atomic mass is 35.5. The summed E-state index contributed by atoms with van der Waals surface area (Å²) in [5, 5.41) is 0.354. The maximum absolute atomic E-state index is 13.3. The van der Waals surface area contributed by atoms with Crippen LogP contribution in [0.2, 0.25) is 5.02 Å². The Balaban J connectivity index is 1.82. The number of rotatable bonds is 5. The number of benzene rings is 3. The minimum atomic E-state index is -0.737. The summed E-state index contributed by atoms with van der Waals surface area (Å²) in [4.78, 5) is 41.9. The summed E-state index contributed by atoms with van der Waals surface area (Å²) in [7, 11) is 0. The number of hydrogen-bond acceptors (Lipinski definition) is 4. The van der Waals surface area contributed by atoms with E-state index < -0.39 is 17.8 Å². The second-order valence-corrected chi connectivity index (χ2v) is 7.32. The molecule has 0 bridgehead atoms. The Kier molecular flexibility index (Phi) is 6.05. The average Bonchev–Trinajstić information content (AvgIpc) is 2.80. The number of ether oxygens (including phenoxy) is 1. The molecule has 0 saturated carbocycles. The van der Waals surface area contributed by atoms with Gasteiger partial charge in [0, 0.05) is 0 Å². The normalized spacial score (nSPS) is 14.1. The van der Waals surface area contributed by atoms with Gasteiger partial charge in [0.05, 0.1) is 23.0 Å². The maximum Gasteiger partial charge on any atom is 0.343 e. The SMILES string of the molecule is CCOc1ccc(C=C2C(=O)N(c3ccccc3)C(=O)N(c3ccccc3)C2=O)cc1Cl. The smallest absolute Gasteiger partial charge is 0.343 e. The molecule has 4 rings (SSSR count). The van der Waals surface area contributed by atoms with Crippen LogP contribution in [0.25, 0.3) is 6.08 Å². The first-order chi connectivity index (χ1) is 15.5. The number of imide groups is 2. The predicted octanol–water partition coefficient (Wildman–Crippen LogP) is 5.32. The Morgan fingerprint density at radius 3 is 1.81 bits per heavy atom. The highest BCUT2D eigenvalue weighted by Gasteiger charge is 2.43. The van der Waals surface area contributed by atoms with Crippen molar-refractivity contribution in [2.24, 2.45) is 0 Å². The molecule has 3 aromatic carbocycles. The van der Waals surface area contributed by atoms with Gasteiger partial charge in [-0.1, -0.05) is 54.1 Å². The number of barbiturate groups is 1. The van der Waals surface area contributed by atoms with Crippen molar-refractivity contribution >= 4 is 46.9 Å². The van der Waals surface area contributed by atoms with Crippen molar-refractivity contribution in [3.63, 3.8) is 0 Å². The topological polar surface area (TPSA) is 66.9 Å². The van der Waals surface area contributed by atoms with Crippen molar-refractivity contribution in [1.29, 1.82) is 0 Å². The van der Waals surface area contributed by atoms with Crippen LogP contribution < -0.4 is 14.5 Å². The van der Waals surface area contributed by atoms with Crippen LogP contribution in [-0.4, -0.2) is 24.5 Å². The van der Waals surface area contributed by atoms with Gasteiger partial charge in [-0.15, -0.1) is 0 Å². The van der Waals surface area contributed by atoms with E-state index in [9.17, 15) is 14.4 Å². The number of carbonyl (C=O) groups is 3. The molecule has 0 aliphatic carbocycles. The number of anilines is 2. The van der Waals surface area contributed by atoms with Crippen LogP contribution in [0, 0.1) is 0 Å². The summed E-state index contributed by atoms with van der Waals surface area (Å²) in [6, 6.07) is 21.2. The van der Waals surface area contributed by atoms with E-state index in [0.29, 0.717) is 34.3 Å². The molecule has 0 radical (unpaired) electrons. The molecule has 7 heteroatoms. The third-order valence-electron chi connectivity index (χ3n) is 4.85. The number of hydrogen-bond donors (Lipinski definition) is 0. The zero-order chi connectivity index (χ0) is 22.7. The lowest BCUT2D eigenvalue weighted by Gasteiger charge is -2.33. The molecular formula is C25H19ClN2O4. The van der Waals surface area contributed by atoms with Crippen LogP contribution in [0.3, 0.4) is 0 Å². The Labute approximate surface area is 190 Å². The number of carbonyl (C=O) groups excluding carboxylic acids is 3. The van der Waals surface area contributed by atoms with Crippen molar-refractivity contribution in [3.05, 3.63) is 95.0 Å². The molecule has 160 valence electrons. The molecular weight excluding hydrogens is 428 g/mol. The minimum Gasteiger partial charge on any atom is -0.492 e. The van der Waals surface area contributed by atoms with Crippen LogP contribution in [0.5, 0.6) is 5.75 Å². The van der Waals surface area contributed by atoms with E-state index in [2.05, 4.69) is 0 Å². The molecule has 3 aromatic rings. The van der Waals surface area contributed by atoms with Gasteiger partial charge in [-0.3, -0.25) is 9.59 Å². The predicted molar refractivity (Wildman–Crippen MR) is 124 cm³/mol. The molecule has 0 spiro atoms. The standard InChI is InChI=1S/C25H19ClN2O4/c1-2-32-22-14-13-17(16-21(22)26)15-20-23(29)27(18-9-5-3-6-10-18)25(31)28(24(20)30)19-11-7-4-8-12-19/h3-16H,2H2,1H3. The highest BCUT2D eigenvalue weighted by Crippen LogP contribution is 2.31. The molecule has 1 fully saturated rings. The Morgan fingerprint density at radius 1 is 0.812 bits per heavy atom. The van der Waals surface area contributed by atoms with E-state index in [1.165, 1.54) is 6.08 Å². The van der Waals surface area contributed by atoms with Gasteiger partial charge in [0.2, 0.25) is 0 Å². The molecule has 1 heterocycles. The van der Waals surface area contributed by atoms with Gasteiger partial charge in [-0.25, -0.2) is 14.6 Å². The third-order valence-corrected chi connectivity index (χ3v) is 5.14. The zero-order valence-corrected chi connectivity index (χ0v) is 18.0. The van der Waals surface area contributed by atoms with E-state index in [4.69, 9.17) is 16.3 Å². The highest BCUT2D eigenvalue weighted by molar-refractivity contribution is 6.46. The van der Waals surface area contributed by atoms with Crippen molar-refractivity contribution < 1.29 is 19.1 Å². The number of para-hydroxylation sites is 2. The number of halogens is 1. The second-order valence-electron chi connectivity index (χ2n) is 6.92. The minimum absolute atomic E-state index is 0.155. The lowest BCUT2D eigenvalue weighted by molar-refractivity contribution is -0.121. The van der Waals surface area contributed by atoms with Gasteiger partial charge in [-0.05, 0) is 55.0 Å². The molecule has 0 unspecified atom stereocenters. The summed E-state index contributed by atoms with van der Waals surface area (Å²) in [5.41, 5.74) is 1.11. The van der Waals surface area contributed by atoms with Crippen molar-refractivity contribution in [3.8, 4) is 5.75 Å². The van der Waals surface area contributed by atoms with Crippen molar-refractivity contribution in [2.75, 3.05) is 16.4 Å². The number of nitrogens with zero attached hydrogens (tertiary/aromatic N) is 2. The number of amides is 4. The average molecular weight is 447 g/mol. The number of urea groups is 1. The fraction of sp³-hybridized carbons (Fsp3) is 0.0800. The fourth-order valence-electron chi connectivity index (χ4n) is 3.39. The summed E-state index contributed by atoms with van der Waals surface area (Å²) in [6.45, 7) is 2.30. The summed E-state index contributed by atoms with van der Waals surface area (Å²) >= 11 is 6.27. The molecule has 0 N–H and O–H groups in total. The summed E-state index contributed by atoms with van der Waals surface area (Å²) < 4.78 is 5.44. The Hall–Kier alpha value is -3.90. The molecule has 0 atom stereocenters. The van der Waals surface area contributed by atoms with Crippen LogP contribution in [0.4, 0.5) is 16.2 Å². The van der Waals surface area contributed by atoms with Crippen LogP contribution >= 0.6 is 11.6 Å². The first-order valence-electron chi connectivity index (χ1n) is 9.98. The van der Waals surface area contributed by atoms with Gasteiger partial charge < -0.3 is 4.74 Å². The fourth-order valence-corrected chi connectivity index (χ4v) is 3.63. The molecule has 0 aromatic heterocycles. The van der Waals surface area contributed by atoms with Crippen LogP contribution in [0.15, 0.2) is 84.4 Å². The van der Waals surface area contributed by atoms with E-state index in [0.717, 1.165) is 9.80 Å². The van der Waals surface area contributed by atoms with E-state index >= 15 is 0 Å². The lowest BCUT2D eigenvalue weighted by atomic mass is 10.0. The van der Waals surface area contributed by atoms with E-state index in [1.54, 1.807) is 78.9 Å². The Bertz CT molecular complexity index is 1150. The first-order valence-corrected chi connectivity index (χ1v) is 10.4. The Morgan fingerprint density at radius 2 is 1.34 bits per heavy atom. The molecule has 1 aliphatic rings. The van der Waals surface area contributed by atoms with Gasteiger partial charge in [0.1, 0.15) is 11.3 Å². The molecule has 1 saturated heterocycles. The van der Waals surface area contributed by atoms with Gasteiger partial charge in [-0.2, -0.15) is 0 Å². The molecule has 4 amide bonds. The van der Waals surface area contributed by atoms with Crippen molar-refractivity contribution in [1.82, 2.24) is 0 Å². The first kappa shape index (κ1) is 21.3. The second kappa shape index (κ2) is 9.08. The van der Waals surface area contributed by atoms with Gasteiger partial charge in [0.25, 0.3) is 11.8 Å². The van der Waals surface area contributed by atoms with E-state index in [-0.39, 0.29) is 5.57 Å². The maximum atomic E-state index is 13.3. The van der Waals surface area contributed by atoms with Crippen LogP contribution in [0.1, 0.15) is 12.5 Å². The largest absolute Gasteiger partial charge is 0.492 e. The van der Waals surface area contributed by atoms with Gasteiger partial charge in [0.15, 0.2) is 0 Å². The monoisotopic (exact) mass is 446 g/mol. The lowest BCUT2D eigenvalue weighted by Crippen LogP contribution is -2.57. The zero-order valence-electron chi connectivity index (χ0n) is 17.2. The van der Waals surface area contributed by atoms with E-state index in [1.807, 2.05) is 6.92 Å². The summed E-state index contributed by atoms with van der Waals surface area (Å²) in [5.74, 6) is -0.906. The van der Waals surface area contributed by atoms with Crippen molar-refractivity contribution in [2.45, 2.75) is 6.92 Å².